The summed E-state index contributed by atoms with van der Waals surface area (Å²) in [6, 6.07) is 0.0309. The molecular formula is C9H21N3O2S. The van der Waals surface area contributed by atoms with Crippen molar-refractivity contribution < 1.29 is 8.42 Å². The van der Waals surface area contributed by atoms with E-state index in [0.29, 0.717) is 19.0 Å². The predicted octanol–water partition coefficient (Wildman–Crippen LogP) is -0.229. The van der Waals surface area contributed by atoms with E-state index in [1.807, 2.05) is 20.8 Å². The fourth-order valence-electron chi connectivity index (χ4n) is 1.53. The average molecular weight is 235 g/mol. The normalized spacial score (nSPS) is 24.7. The van der Waals surface area contributed by atoms with Gasteiger partial charge in [-0.3, -0.25) is 0 Å². The standard InChI is InChI=1S/C9H21N3O2S/c1-8(2)6-11-15(13,14)12-5-4-10-7-9(12)3/h8-11H,4-7H2,1-3H3/t9-/m1/s1. The molecule has 1 saturated heterocycles. The van der Waals surface area contributed by atoms with E-state index in [0.717, 1.165) is 13.1 Å². The molecule has 1 aliphatic heterocycles. The fourth-order valence-corrected chi connectivity index (χ4v) is 3.12. The van der Waals surface area contributed by atoms with E-state index in [1.54, 1.807) is 0 Å². The molecule has 2 N–H and O–H groups in total. The Hall–Kier alpha value is -0.170. The molecule has 1 aliphatic rings. The topological polar surface area (TPSA) is 61.4 Å². The Bertz CT molecular complexity index is 290. The molecule has 0 bridgehead atoms. The van der Waals surface area contributed by atoms with Crippen LogP contribution in [0.25, 0.3) is 0 Å². The zero-order chi connectivity index (χ0) is 11.5. The quantitative estimate of drug-likeness (QED) is 0.707. The van der Waals surface area contributed by atoms with Crippen molar-refractivity contribution in [2.24, 2.45) is 5.92 Å². The van der Waals surface area contributed by atoms with Crippen LogP contribution in [-0.2, 0) is 10.2 Å². The van der Waals surface area contributed by atoms with Crippen LogP contribution in [0.1, 0.15) is 20.8 Å². The Morgan fingerprint density at radius 1 is 1.53 bits per heavy atom. The third-order valence-corrected chi connectivity index (χ3v) is 4.11. The van der Waals surface area contributed by atoms with Gasteiger partial charge in [0.1, 0.15) is 0 Å². The molecular weight excluding hydrogens is 214 g/mol. The van der Waals surface area contributed by atoms with Gasteiger partial charge in [0, 0.05) is 32.2 Å². The van der Waals surface area contributed by atoms with Crippen molar-refractivity contribution in [2.45, 2.75) is 26.8 Å². The van der Waals surface area contributed by atoms with Gasteiger partial charge in [0.2, 0.25) is 0 Å². The maximum absolute atomic E-state index is 11.9. The Labute approximate surface area is 92.4 Å². The number of nitrogens with zero attached hydrogens (tertiary/aromatic N) is 1. The highest BCUT2D eigenvalue weighted by Crippen LogP contribution is 2.07. The molecule has 5 nitrogen and oxygen atoms in total. The van der Waals surface area contributed by atoms with E-state index in [2.05, 4.69) is 10.0 Å². The minimum Gasteiger partial charge on any atom is -0.314 e. The largest absolute Gasteiger partial charge is 0.314 e. The van der Waals surface area contributed by atoms with Gasteiger partial charge < -0.3 is 5.32 Å². The van der Waals surface area contributed by atoms with E-state index in [-0.39, 0.29) is 6.04 Å². The lowest BCUT2D eigenvalue weighted by Crippen LogP contribution is -2.55. The SMILES string of the molecule is CC(C)CNS(=O)(=O)N1CCNC[C@H]1C. The van der Waals surface area contributed by atoms with E-state index in [4.69, 9.17) is 0 Å². The van der Waals surface area contributed by atoms with E-state index in [9.17, 15) is 8.42 Å². The van der Waals surface area contributed by atoms with Crippen LogP contribution >= 0.6 is 0 Å². The predicted molar refractivity (Wildman–Crippen MR) is 60.8 cm³/mol. The zero-order valence-electron chi connectivity index (χ0n) is 9.66. The van der Waals surface area contributed by atoms with Crippen molar-refractivity contribution in [3.8, 4) is 0 Å². The Morgan fingerprint density at radius 2 is 2.20 bits per heavy atom. The first kappa shape index (κ1) is 12.9. The molecule has 0 unspecified atom stereocenters. The van der Waals surface area contributed by atoms with Crippen LogP contribution in [-0.4, -0.2) is 44.9 Å². The summed E-state index contributed by atoms with van der Waals surface area (Å²) in [5.41, 5.74) is 0. The van der Waals surface area contributed by atoms with Gasteiger partial charge in [-0.25, -0.2) is 4.72 Å². The van der Waals surface area contributed by atoms with Crippen LogP contribution < -0.4 is 10.0 Å². The second-order valence-corrected chi connectivity index (χ2v) is 6.12. The lowest BCUT2D eigenvalue weighted by Gasteiger charge is -2.32. The summed E-state index contributed by atoms with van der Waals surface area (Å²) in [5.74, 6) is 0.331. The second-order valence-electron chi connectivity index (χ2n) is 4.41. The fraction of sp³-hybridized carbons (Fsp3) is 1.00. The lowest BCUT2D eigenvalue weighted by atomic mass is 10.2. The molecule has 1 fully saturated rings. The summed E-state index contributed by atoms with van der Waals surface area (Å²) < 4.78 is 27.9. The van der Waals surface area contributed by atoms with Gasteiger partial charge in [-0.15, -0.1) is 0 Å². The molecule has 1 heterocycles. The minimum absolute atomic E-state index is 0.0309. The summed E-state index contributed by atoms with van der Waals surface area (Å²) in [5, 5.41) is 3.17. The number of rotatable bonds is 4. The van der Waals surface area contributed by atoms with Crippen molar-refractivity contribution in [1.82, 2.24) is 14.3 Å². The van der Waals surface area contributed by atoms with Gasteiger partial charge in [-0.1, -0.05) is 13.8 Å². The van der Waals surface area contributed by atoms with Crippen LogP contribution in [0, 0.1) is 5.92 Å². The smallest absolute Gasteiger partial charge is 0.279 e. The lowest BCUT2D eigenvalue weighted by molar-refractivity contribution is 0.279. The maximum Gasteiger partial charge on any atom is 0.279 e. The first-order valence-electron chi connectivity index (χ1n) is 5.40. The van der Waals surface area contributed by atoms with Crippen molar-refractivity contribution in [3.05, 3.63) is 0 Å². The Kier molecular flexibility index (Phi) is 4.51. The van der Waals surface area contributed by atoms with E-state index < -0.39 is 10.2 Å². The number of nitrogens with one attached hydrogen (secondary N) is 2. The van der Waals surface area contributed by atoms with Crippen LogP contribution in [0.2, 0.25) is 0 Å². The number of hydrogen-bond acceptors (Lipinski definition) is 3. The molecule has 0 saturated carbocycles. The average Bonchev–Trinajstić information content (AvgIpc) is 2.15. The molecule has 1 rings (SSSR count). The molecule has 0 aromatic carbocycles. The minimum atomic E-state index is -3.28. The summed E-state index contributed by atoms with van der Waals surface area (Å²) in [6.07, 6.45) is 0. The van der Waals surface area contributed by atoms with Crippen LogP contribution in [0.4, 0.5) is 0 Å². The molecule has 90 valence electrons. The monoisotopic (exact) mass is 235 g/mol. The molecule has 1 atom stereocenters. The molecule has 0 radical (unpaired) electrons. The Morgan fingerprint density at radius 3 is 2.73 bits per heavy atom. The Balaban J connectivity index is 2.59. The van der Waals surface area contributed by atoms with Gasteiger partial charge in [-0.2, -0.15) is 12.7 Å². The molecule has 15 heavy (non-hydrogen) atoms. The van der Waals surface area contributed by atoms with Crippen LogP contribution in [0.15, 0.2) is 0 Å². The maximum atomic E-state index is 11.9. The molecule has 0 spiro atoms. The van der Waals surface area contributed by atoms with Crippen molar-refractivity contribution in [3.63, 3.8) is 0 Å². The third kappa shape index (κ3) is 3.71. The number of piperazine rings is 1. The van der Waals surface area contributed by atoms with Gasteiger partial charge in [-0.05, 0) is 12.8 Å². The van der Waals surface area contributed by atoms with Gasteiger partial charge in [0.05, 0.1) is 0 Å². The molecule has 6 heteroatoms. The highest BCUT2D eigenvalue weighted by Gasteiger charge is 2.28. The van der Waals surface area contributed by atoms with E-state index >= 15 is 0 Å². The summed E-state index contributed by atoms with van der Waals surface area (Å²) in [4.78, 5) is 0. The summed E-state index contributed by atoms with van der Waals surface area (Å²) >= 11 is 0. The van der Waals surface area contributed by atoms with Crippen molar-refractivity contribution in [2.75, 3.05) is 26.2 Å². The number of hydrogen-bond donors (Lipinski definition) is 2. The summed E-state index contributed by atoms with van der Waals surface area (Å²) in [7, 11) is -3.28. The van der Waals surface area contributed by atoms with Crippen molar-refractivity contribution in [1.29, 1.82) is 0 Å². The van der Waals surface area contributed by atoms with Gasteiger partial charge in [0.25, 0.3) is 10.2 Å². The van der Waals surface area contributed by atoms with Crippen LogP contribution in [0.5, 0.6) is 0 Å². The van der Waals surface area contributed by atoms with Crippen molar-refractivity contribution >= 4 is 10.2 Å². The first-order valence-corrected chi connectivity index (χ1v) is 6.84. The third-order valence-electron chi connectivity index (χ3n) is 2.42. The first-order chi connectivity index (χ1) is 6.93. The van der Waals surface area contributed by atoms with Gasteiger partial charge in [0.15, 0.2) is 0 Å². The van der Waals surface area contributed by atoms with Crippen LogP contribution in [0.3, 0.4) is 0 Å². The zero-order valence-corrected chi connectivity index (χ0v) is 10.5. The molecule has 0 aliphatic carbocycles. The van der Waals surface area contributed by atoms with E-state index in [1.165, 1.54) is 4.31 Å². The molecule has 0 aromatic heterocycles. The highest BCUT2D eigenvalue weighted by atomic mass is 32.2. The highest BCUT2D eigenvalue weighted by molar-refractivity contribution is 7.87. The molecule has 0 amide bonds. The summed E-state index contributed by atoms with van der Waals surface area (Å²) in [6.45, 7) is 8.40. The van der Waals surface area contributed by atoms with Gasteiger partial charge >= 0.3 is 0 Å². The molecule has 0 aromatic rings. The second kappa shape index (κ2) is 5.25.